The lowest BCUT2D eigenvalue weighted by Gasteiger charge is -2.28. The molecule has 0 aromatic carbocycles. The Morgan fingerprint density at radius 1 is 1.59 bits per heavy atom. The second-order valence-electron chi connectivity index (χ2n) is 3.89. The van der Waals surface area contributed by atoms with Crippen LogP contribution in [0, 0.1) is 10.1 Å². The number of carbonyl (C=O) groups excluding carboxylic acids is 1. The molecule has 1 aliphatic heterocycles. The Morgan fingerprint density at radius 2 is 2.24 bits per heavy atom. The second-order valence-corrected chi connectivity index (χ2v) is 3.89. The van der Waals surface area contributed by atoms with Gasteiger partial charge < -0.3 is 10.6 Å². The Morgan fingerprint density at radius 3 is 2.71 bits per heavy atom. The summed E-state index contributed by atoms with van der Waals surface area (Å²) < 4.78 is 0. The normalized spacial score (nSPS) is 22.1. The molecule has 7 nitrogen and oxygen atoms in total. The van der Waals surface area contributed by atoms with E-state index in [2.05, 4.69) is 15.7 Å². The van der Waals surface area contributed by atoms with Crippen molar-refractivity contribution in [3.8, 4) is 0 Å². The van der Waals surface area contributed by atoms with Crippen LogP contribution in [0.2, 0.25) is 0 Å². The van der Waals surface area contributed by atoms with Crippen LogP contribution in [0.5, 0.6) is 0 Å². The minimum absolute atomic E-state index is 0.0406. The van der Waals surface area contributed by atoms with Crippen LogP contribution in [-0.4, -0.2) is 22.8 Å². The van der Waals surface area contributed by atoms with Gasteiger partial charge in [0.1, 0.15) is 5.10 Å². The molecule has 0 aromatic rings. The standard InChI is InChI=1S/C10H16N4O3/c1-4-5-8-9(7(3)15)6(2)11-10(12-8)13-14(16)17/h8H,4-5H2,1-3H3,(H2,11,12,13)/t8-/m0/s1. The van der Waals surface area contributed by atoms with Crippen molar-refractivity contribution in [3.63, 3.8) is 0 Å². The first kappa shape index (κ1) is 13.1. The summed E-state index contributed by atoms with van der Waals surface area (Å²) in [5, 5.41) is 18.3. The van der Waals surface area contributed by atoms with Gasteiger partial charge in [-0.3, -0.25) is 4.79 Å². The van der Waals surface area contributed by atoms with E-state index < -0.39 is 5.03 Å². The van der Waals surface area contributed by atoms with Gasteiger partial charge in [-0.15, -0.1) is 0 Å². The van der Waals surface area contributed by atoms with Gasteiger partial charge in [-0.25, -0.2) is 10.1 Å². The Kier molecular flexibility index (Phi) is 4.19. The first-order chi connectivity index (χ1) is 7.95. The topological polar surface area (TPSA) is 96.6 Å². The van der Waals surface area contributed by atoms with Crippen molar-refractivity contribution < 1.29 is 9.83 Å². The third-order valence-electron chi connectivity index (χ3n) is 2.51. The number of ketones is 1. The van der Waals surface area contributed by atoms with Gasteiger partial charge in [0, 0.05) is 11.3 Å². The zero-order chi connectivity index (χ0) is 13.0. The lowest BCUT2D eigenvalue weighted by molar-refractivity contribution is -0.485. The van der Waals surface area contributed by atoms with Crippen molar-refractivity contribution in [2.45, 2.75) is 39.7 Å². The molecular weight excluding hydrogens is 224 g/mol. The van der Waals surface area contributed by atoms with Crippen LogP contribution in [0.25, 0.3) is 0 Å². The van der Waals surface area contributed by atoms with E-state index in [4.69, 9.17) is 0 Å². The minimum Gasteiger partial charge on any atom is -0.344 e. The highest BCUT2D eigenvalue weighted by Gasteiger charge is 2.27. The highest BCUT2D eigenvalue weighted by Crippen LogP contribution is 2.16. The lowest BCUT2D eigenvalue weighted by atomic mass is 9.96. The predicted octanol–water partition coefficient (Wildman–Crippen LogP) is 0.759. The summed E-state index contributed by atoms with van der Waals surface area (Å²) in [4.78, 5) is 21.8. The second kappa shape index (κ2) is 5.42. The number of nitrogens with one attached hydrogen (secondary N) is 2. The Labute approximate surface area is 99.1 Å². The molecule has 0 aromatic heterocycles. The van der Waals surface area contributed by atoms with Crippen LogP contribution < -0.4 is 10.6 Å². The molecule has 17 heavy (non-hydrogen) atoms. The maximum Gasteiger partial charge on any atom is 0.273 e. The van der Waals surface area contributed by atoms with Crippen LogP contribution in [0.4, 0.5) is 0 Å². The number of nitro groups is 1. The monoisotopic (exact) mass is 240 g/mol. The number of carbonyl (C=O) groups is 1. The van der Waals surface area contributed by atoms with Gasteiger partial charge in [0.25, 0.3) is 5.96 Å². The summed E-state index contributed by atoms with van der Waals surface area (Å²) >= 11 is 0. The SMILES string of the molecule is CCC[C@@H]1N/C(=N/[N+](=O)[O-])NC(C)=C1C(C)=O. The number of guanidine groups is 1. The number of hydrogen-bond acceptors (Lipinski definition) is 3. The van der Waals surface area contributed by atoms with Crippen LogP contribution >= 0.6 is 0 Å². The van der Waals surface area contributed by atoms with Gasteiger partial charge >= 0.3 is 0 Å². The van der Waals surface area contributed by atoms with E-state index in [0.717, 1.165) is 12.8 Å². The molecule has 94 valence electrons. The molecule has 0 fully saturated rings. The molecule has 0 saturated heterocycles. The zero-order valence-electron chi connectivity index (χ0n) is 10.1. The number of hydrogen-bond donors (Lipinski definition) is 2. The molecule has 1 aliphatic rings. The van der Waals surface area contributed by atoms with E-state index in [1.807, 2.05) is 6.92 Å². The molecule has 0 spiro atoms. The maximum absolute atomic E-state index is 11.5. The largest absolute Gasteiger partial charge is 0.344 e. The van der Waals surface area contributed by atoms with E-state index in [1.54, 1.807) is 6.92 Å². The summed E-state index contributed by atoms with van der Waals surface area (Å²) in [6.07, 6.45) is 1.60. The quantitative estimate of drug-likeness (QED) is 0.558. The van der Waals surface area contributed by atoms with Crippen molar-refractivity contribution in [2.75, 3.05) is 0 Å². The molecule has 1 heterocycles. The Hall–Kier alpha value is -1.92. The molecule has 0 saturated carbocycles. The lowest BCUT2D eigenvalue weighted by Crippen LogP contribution is -2.50. The summed E-state index contributed by atoms with van der Waals surface area (Å²) in [5.41, 5.74) is 1.25. The van der Waals surface area contributed by atoms with Crippen molar-refractivity contribution in [3.05, 3.63) is 21.4 Å². The minimum atomic E-state index is -0.773. The van der Waals surface area contributed by atoms with Gasteiger partial charge in [-0.2, -0.15) is 0 Å². The summed E-state index contributed by atoms with van der Waals surface area (Å²) in [6, 6.07) is -0.211. The number of allylic oxidation sites excluding steroid dienone is 1. The third kappa shape index (κ3) is 3.27. The van der Waals surface area contributed by atoms with Crippen LogP contribution in [-0.2, 0) is 4.79 Å². The maximum atomic E-state index is 11.5. The average molecular weight is 240 g/mol. The molecule has 7 heteroatoms. The van der Waals surface area contributed by atoms with Crippen LogP contribution in [0.1, 0.15) is 33.6 Å². The molecule has 2 N–H and O–H groups in total. The first-order valence-corrected chi connectivity index (χ1v) is 5.44. The smallest absolute Gasteiger partial charge is 0.273 e. The number of Topliss-reactive ketones (excluding diaryl/α,β-unsaturated/α-hetero) is 1. The molecule has 0 radical (unpaired) electrons. The number of nitrogens with zero attached hydrogens (tertiary/aromatic N) is 2. The molecule has 0 bridgehead atoms. The number of hydrazone groups is 1. The summed E-state index contributed by atoms with van der Waals surface area (Å²) in [6.45, 7) is 5.19. The predicted molar refractivity (Wildman–Crippen MR) is 62.8 cm³/mol. The van der Waals surface area contributed by atoms with Crippen molar-refractivity contribution in [2.24, 2.45) is 5.10 Å². The van der Waals surface area contributed by atoms with Crippen molar-refractivity contribution >= 4 is 11.7 Å². The fourth-order valence-corrected chi connectivity index (χ4v) is 1.93. The van der Waals surface area contributed by atoms with Crippen molar-refractivity contribution in [1.82, 2.24) is 10.6 Å². The third-order valence-corrected chi connectivity index (χ3v) is 2.51. The number of rotatable bonds is 4. The molecule has 0 unspecified atom stereocenters. The van der Waals surface area contributed by atoms with Gasteiger partial charge in [-0.1, -0.05) is 13.3 Å². The van der Waals surface area contributed by atoms with Gasteiger partial charge in [-0.05, 0) is 20.3 Å². The van der Waals surface area contributed by atoms with E-state index in [1.165, 1.54) is 6.92 Å². The Bertz CT molecular complexity index is 400. The summed E-state index contributed by atoms with van der Waals surface area (Å²) in [5.74, 6) is 0.0389. The zero-order valence-corrected chi connectivity index (χ0v) is 10.1. The Balaban J connectivity index is 3.04. The van der Waals surface area contributed by atoms with Gasteiger partial charge in [0.2, 0.25) is 0 Å². The van der Waals surface area contributed by atoms with Crippen molar-refractivity contribution in [1.29, 1.82) is 0 Å². The van der Waals surface area contributed by atoms with Gasteiger partial charge in [0.15, 0.2) is 10.8 Å². The molecular formula is C10H16N4O3. The van der Waals surface area contributed by atoms with E-state index in [9.17, 15) is 14.9 Å². The molecule has 1 rings (SSSR count). The summed E-state index contributed by atoms with van der Waals surface area (Å²) in [7, 11) is 0. The molecule has 0 aliphatic carbocycles. The van der Waals surface area contributed by atoms with Gasteiger partial charge in [0.05, 0.1) is 6.04 Å². The van der Waals surface area contributed by atoms with Crippen LogP contribution in [0.15, 0.2) is 16.4 Å². The molecule has 0 amide bonds. The molecule has 1 atom stereocenters. The van der Waals surface area contributed by atoms with E-state index in [0.29, 0.717) is 11.3 Å². The van der Waals surface area contributed by atoms with E-state index >= 15 is 0 Å². The first-order valence-electron chi connectivity index (χ1n) is 5.44. The fraction of sp³-hybridized carbons (Fsp3) is 0.600. The fourth-order valence-electron chi connectivity index (χ4n) is 1.93. The highest BCUT2D eigenvalue weighted by molar-refractivity contribution is 5.98. The van der Waals surface area contributed by atoms with E-state index in [-0.39, 0.29) is 17.8 Å². The van der Waals surface area contributed by atoms with Crippen LogP contribution in [0.3, 0.4) is 0 Å². The highest BCUT2D eigenvalue weighted by atomic mass is 16.7. The average Bonchev–Trinajstić information content (AvgIpc) is 2.15.